The molecule has 7 heterocycles. The second-order valence-electron chi connectivity index (χ2n) is 23.5. The highest BCUT2D eigenvalue weighted by Gasteiger charge is 2.68. The van der Waals surface area contributed by atoms with Crippen molar-refractivity contribution in [2.45, 2.75) is 254 Å². The Kier molecular flexibility index (Phi) is 26.3. The molecule has 7 rings (SSSR count). The molecule has 0 bridgehead atoms. The second-order valence-corrected chi connectivity index (χ2v) is 23.5. The second kappa shape index (κ2) is 31.8. The maximum Gasteiger partial charge on any atom is 0.311 e. The number of nitrogens with one attached hydrogen (secondary N) is 4. The molecule has 7 fully saturated rings. The van der Waals surface area contributed by atoms with E-state index in [0.29, 0.717) is 0 Å². The molecule has 0 saturated carbocycles. The minimum absolute atomic E-state index is 0.624. The molecule has 7 aliphatic rings. The molecule has 33 atom stereocenters. The quantitative estimate of drug-likeness (QED) is 0.0422. The molecule has 4 amide bonds. The average Bonchev–Trinajstić information content (AvgIpc) is 0.753. The van der Waals surface area contributed by atoms with Crippen molar-refractivity contribution in [1.29, 1.82) is 0 Å². The Balaban J connectivity index is 1.11. The van der Waals surface area contributed by atoms with Gasteiger partial charge in [-0.15, -0.1) is 0 Å². The summed E-state index contributed by atoms with van der Waals surface area (Å²) in [6, 6.07) is -6.95. The number of carbonyl (C=O) groups excluding carboxylic acids is 4. The molecule has 0 aromatic heterocycles. The van der Waals surface area contributed by atoms with Crippen LogP contribution in [0.3, 0.4) is 0 Å². The van der Waals surface area contributed by atoms with Crippen LogP contribution in [0.1, 0.15) is 34.6 Å². The zero-order valence-corrected chi connectivity index (χ0v) is 50.6. The van der Waals surface area contributed by atoms with Crippen LogP contribution in [0.15, 0.2) is 0 Å². The summed E-state index contributed by atoms with van der Waals surface area (Å²) in [5.74, 6) is -15.1. The summed E-state index contributed by atoms with van der Waals surface area (Å²) in [4.78, 5) is 50.3. The van der Waals surface area contributed by atoms with Gasteiger partial charge in [0, 0.05) is 27.7 Å². The van der Waals surface area contributed by atoms with Crippen LogP contribution in [-0.4, -0.2) is 395 Å². The third kappa shape index (κ3) is 16.0. The number of hydrogen-bond acceptors (Lipinski definition) is 39. The maximum atomic E-state index is 12.9. The normalized spacial score (nSPS) is 46.5. The van der Waals surface area contributed by atoms with Crippen LogP contribution in [0.5, 0.6) is 0 Å². The third-order valence-electron chi connectivity index (χ3n) is 16.8. The lowest BCUT2D eigenvalue weighted by atomic mass is 9.90. The molecule has 26 N–H and O–H groups in total. The first-order chi connectivity index (χ1) is 44.0. The van der Waals surface area contributed by atoms with E-state index >= 15 is 0 Å². The fraction of sp³-hybridized carbons (Fsp3) is 0.922. The number of aliphatic hydroxyl groups excluding tert-OH is 16. The monoisotopic (exact) mass is 1380 g/mol. The molecule has 0 radical (unpaired) electrons. The van der Waals surface area contributed by atoms with Crippen molar-refractivity contribution in [1.82, 2.24) is 21.3 Å². The van der Waals surface area contributed by atoms with Crippen LogP contribution < -0.4 is 21.3 Å². The van der Waals surface area contributed by atoms with Gasteiger partial charge in [0.05, 0.1) is 51.8 Å². The summed E-state index contributed by atoms with van der Waals surface area (Å²) in [5, 5.41) is 249. The van der Waals surface area contributed by atoms with E-state index in [-0.39, 0.29) is 0 Å². The molecule has 15 unspecified atom stereocenters. The number of ether oxygens (including phenoxy) is 13. The number of rotatable bonds is 23. The Morgan fingerprint density at radius 3 is 1.17 bits per heavy atom. The van der Waals surface area contributed by atoms with Crippen molar-refractivity contribution in [3.8, 4) is 0 Å². The van der Waals surface area contributed by atoms with Gasteiger partial charge in [-0.2, -0.15) is 0 Å². The van der Waals surface area contributed by atoms with Gasteiger partial charge in [-0.25, -0.2) is 0 Å². The predicted molar refractivity (Wildman–Crippen MR) is 286 cm³/mol. The topological polar surface area (TPSA) is 681 Å². The molecule has 0 spiro atoms. The molecule has 544 valence electrons. The van der Waals surface area contributed by atoms with E-state index < -0.39 is 283 Å². The molecule has 94 heavy (non-hydrogen) atoms. The molecule has 0 aromatic rings. The number of hydrogen-bond donors (Lipinski definition) is 26. The fourth-order valence-electron chi connectivity index (χ4n) is 12.0. The first kappa shape index (κ1) is 77.8. The van der Waals surface area contributed by atoms with E-state index in [0.717, 1.165) is 27.7 Å². The van der Waals surface area contributed by atoms with Gasteiger partial charge in [-0.3, -0.25) is 19.2 Å². The zero-order valence-electron chi connectivity index (χ0n) is 50.6. The van der Waals surface area contributed by atoms with Crippen molar-refractivity contribution in [2.75, 3.05) is 39.6 Å². The fourth-order valence-corrected chi connectivity index (χ4v) is 12.0. The minimum atomic E-state index is -4.07. The maximum absolute atomic E-state index is 12.9. The van der Waals surface area contributed by atoms with Crippen molar-refractivity contribution in [3.63, 3.8) is 0 Å². The summed E-state index contributed by atoms with van der Waals surface area (Å²) < 4.78 is 74.4. The van der Waals surface area contributed by atoms with Crippen LogP contribution in [0.4, 0.5) is 0 Å². The van der Waals surface area contributed by atoms with E-state index in [1.165, 1.54) is 6.92 Å². The van der Waals surface area contributed by atoms with Gasteiger partial charge in [0.1, 0.15) is 134 Å². The van der Waals surface area contributed by atoms with Gasteiger partial charge in [-0.05, 0) is 6.92 Å². The van der Waals surface area contributed by atoms with Crippen molar-refractivity contribution >= 4 is 23.6 Å². The number of carbonyl (C=O) groups is 4. The Morgan fingerprint density at radius 1 is 0.383 bits per heavy atom. The highest BCUT2D eigenvalue weighted by atomic mass is 16.9. The van der Waals surface area contributed by atoms with Gasteiger partial charge in [0.2, 0.25) is 23.6 Å². The Hall–Kier alpha value is -3.52. The largest absolute Gasteiger partial charge is 0.394 e. The molecular formula is C51H86N4O39. The van der Waals surface area contributed by atoms with Gasteiger partial charge in [-0.1, -0.05) is 0 Å². The Bertz CT molecular complexity index is 2500. The standard InChI is InChI=1S/C51H86N4O39/c1-12-23(52-13(2)62)37(27(66)17(6-56)82-12)89-44-26(55-16(5)65)32(71)36(22(11-61)86-44)94-51(81)40(73)39(29(68)19(8-58)93-51)91-46-25(54-15(4)64)30(69)34(20(9-59)85-46)87-47-33(72)38(28(67)18(7-57)83-47)90-45-24(53-14(3)63)31(70)35(21(10-60)84-45)88-48-41(74)49(77,78)50(79,80)42(92-48)43(75)76/h12,17-48,56-61,66-81H,6-11H2,1-5H3,(H,52,62)(H,53,63)(H,54,64)(H,55,65)/t12?,17?,18?,19?,20?,21?,22?,23?,24?,25?,26?,27-,28-,29-,30+,31+,32+,33?,34-,35-,36-,37+,38-,39-,40?,41?,42?,44-,45-,46-,47-,48+,51+/m0/s1. The van der Waals surface area contributed by atoms with Gasteiger partial charge >= 0.3 is 5.97 Å². The Morgan fingerprint density at radius 2 is 0.734 bits per heavy atom. The minimum Gasteiger partial charge on any atom is -0.394 e. The van der Waals surface area contributed by atoms with E-state index in [4.69, 9.17) is 61.6 Å². The molecule has 43 heteroatoms. The lowest BCUT2D eigenvalue weighted by Crippen LogP contribution is -2.77. The predicted octanol–water partition coefficient (Wildman–Crippen LogP) is -17.4. The molecule has 0 aliphatic carbocycles. The van der Waals surface area contributed by atoms with Gasteiger partial charge in [0.25, 0.3) is 11.6 Å². The van der Waals surface area contributed by atoms with Crippen molar-refractivity contribution in [2.24, 2.45) is 0 Å². The molecule has 7 saturated heterocycles. The summed E-state index contributed by atoms with van der Waals surface area (Å²) in [6.45, 7) is -1.27. The Labute approximate surface area is 531 Å². The zero-order chi connectivity index (χ0) is 70.1. The SMILES string of the molecule is CC(=O)NC1[C@H](O[C@@H]2C(O)[C@](O)(O[C@H]3C(CO)O[C@@H](O[C@@H]4C(NC(C)=O)C(C)OC(CO)[C@@H]4O)C(NC(C)=O)[C@H]3O)OC(CO)[C@@H]2O)OC(CO)[C@H](O[C@@H]2OC(CO)[C@H](O)[C@H](O[C@@H]3OC(CO)[C@H](O[C@@H]4OC(C(O)O)C(O)(O)C(O)(O)C4O)[C@H](O)C3NC(C)=O)C2O)[C@@H]1O. The molecule has 7 aliphatic heterocycles. The third-order valence-corrected chi connectivity index (χ3v) is 16.8. The van der Waals surface area contributed by atoms with E-state index in [2.05, 4.69) is 21.3 Å². The van der Waals surface area contributed by atoms with Crippen molar-refractivity contribution < 1.29 is 193 Å². The molecule has 0 aromatic carbocycles. The summed E-state index contributed by atoms with van der Waals surface area (Å²) in [5.41, 5.74) is 0. The van der Waals surface area contributed by atoms with Gasteiger partial charge in [0.15, 0.2) is 56.1 Å². The van der Waals surface area contributed by atoms with Crippen LogP contribution in [0, 0.1) is 0 Å². The first-order valence-electron chi connectivity index (χ1n) is 29.4. The van der Waals surface area contributed by atoms with Crippen LogP contribution in [-0.2, 0) is 80.8 Å². The average molecular weight is 1380 g/mol. The smallest absolute Gasteiger partial charge is 0.311 e. The highest BCUT2D eigenvalue weighted by molar-refractivity contribution is 5.74. The lowest BCUT2D eigenvalue weighted by Gasteiger charge is -2.53. The van der Waals surface area contributed by atoms with Crippen LogP contribution >= 0.6 is 0 Å². The number of amides is 4. The lowest BCUT2D eigenvalue weighted by molar-refractivity contribution is -0.489. The van der Waals surface area contributed by atoms with Crippen molar-refractivity contribution in [3.05, 3.63) is 0 Å². The van der Waals surface area contributed by atoms with Crippen LogP contribution in [0.2, 0.25) is 0 Å². The van der Waals surface area contributed by atoms with E-state index in [1.807, 2.05) is 0 Å². The highest BCUT2D eigenvalue weighted by Crippen LogP contribution is 2.42. The number of aliphatic hydroxyl groups is 22. The molecule has 43 nitrogen and oxygen atoms in total. The van der Waals surface area contributed by atoms with E-state index in [1.54, 1.807) is 0 Å². The molecular weight excluding hydrogens is 1290 g/mol. The van der Waals surface area contributed by atoms with Crippen LogP contribution in [0.25, 0.3) is 0 Å². The summed E-state index contributed by atoms with van der Waals surface area (Å²) in [6.07, 6.45) is -61.9. The summed E-state index contributed by atoms with van der Waals surface area (Å²) in [7, 11) is 0. The summed E-state index contributed by atoms with van der Waals surface area (Å²) >= 11 is 0. The van der Waals surface area contributed by atoms with E-state index in [9.17, 15) is 132 Å². The first-order valence-corrected chi connectivity index (χ1v) is 29.4. The van der Waals surface area contributed by atoms with Gasteiger partial charge < -0.3 is 195 Å².